The number of amides is 1. The first-order valence-corrected chi connectivity index (χ1v) is 6.90. The summed E-state index contributed by atoms with van der Waals surface area (Å²) in [5, 5.41) is 4.01. The molecule has 0 bridgehead atoms. The van der Waals surface area contributed by atoms with Crippen LogP contribution in [0.3, 0.4) is 0 Å². The molecule has 0 atom stereocenters. The van der Waals surface area contributed by atoms with Gasteiger partial charge >= 0.3 is 6.09 Å². The molecule has 1 aliphatic rings. The zero-order chi connectivity index (χ0) is 15.0. The van der Waals surface area contributed by atoms with Gasteiger partial charge in [0, 0.05) is 24.6 Å². The summed E-state index contributed by atoms with van der Waals surface area (Å²) in [7, 11) is 0. The Morgan fingerprint density at radius 1 is 1.45 bits per heavy atom. The Bertz CT molecular complexity index is 482. The molecule has 1 saturated heterocycles. The molecule has 0 unspecified atom stereocenters. The van der Waals surface area contributed by atoms with Crippen LogP contribution in [0.25, 0.3) is 0 Å². The number of likely N-dealkylation sites (tertiary alicyclic amines) is 1. The van der Waals surface area contributed by atoms with Gasteiger partial charge in [-0.2, -0.15) is 0 Å². The highest BCUT2D eigenvalue weighted by Crippen LogP contribution is 2.35. The normalized spacial score (nSPS) is 18.9. The van der Waals surface area contributed by atoms with Crippen molar-refractivity contribution in [3.8, 4) is 0 Å². The van der Waals surface area contributed by atoms with E-state index in [0.717, 1.165) is 18.5 Å². The summed E-state index contributed by atoms with van der Waals surface area (Å²) in [5.74, 6) is 0.329. The first kappa shape index (κ1) is 14.7. The van der Waals surface area contributed by atoms with Crippen LogP contribution in [0.5, 0.6) is 0 Å². The number of carbonyl (C=O) groups is 1. The first-order valence-electron chi connectivity index (χ1n) is 6.90. The molecule has 6 heteroatoms. The summed E-state index contributed by atoms with van der Waals surface area (Å²) >= 11 is 0. The van der Waals surface area contributed by atoms with Crippen LogP contribution in [0.4, 0.5) is 10.7 Å². The molecule has 0 saturated carbocycles. The summed E-state index contributed by atoms with van der Waals surface area (Å²) in [5.41, 5.74) is 5.88. The predicted molar refractivity (Wildman–Crippen MR) is 75.3 cm³/mol. The number of nitrogen functional groups attached to an aromatic ring is 1. The van der Waals surface area contributed by atoms with E-state index >= 15 is 0 Å². The second-order valence-electron chi connectivity index (χ2n) is 6.64. The van der Waals surface area contributed by atoms with Crippen LogP contribution in [0.2, 0.25) is 0 Å². The van der Waals surface area contributed by atoms with Crippen molar-refractivity contribution in [2.45, 2.75) is 51.6 Å². The van der Waals surface area contributed by atoms with E-state index in [1.807, 2.05) is 20.8 Å². The number of nitrogens with two attached hydrogens (primary N) is 1. The summed E-state index contributed by atoms with van der Waals surface area (Å²) in [4.78, 5) is 13.8. The van der Waals surface area contributed by atoms with Crippen molar-refractivity contribution in [3.63, 3.8) is 0 Å². The fourth-order valence-corrected chi connectivity index (χ4v) is 2.34. The summed E-state index contributed by atoms with van der Waals surface area (Å²) in [6.45, 7) is 9.04. The lowest BCUT2D eigenvalue weighted by molar-refractivity contribution is 0.0169. The number of carbonyl (C=O) groups excluding carboxylic acids is 1. The highest BCUT2D eigenvalue weighted by molar-refractivity contribution is 5.68. The molecule has 1 aromatic heterocycles. The maximum atomic E-state index is 12.0. The minimum atomic E-state index is -0.460. The van der Waals surface area contributed by atoms with Gasteiger partial charge in [0.15, 0.2) is 0 Å². The van der Waals surface area contributed by atoms with Crippen molar-refractivity contribution in [3.05, 3.63) is 11.8 Å². The number of hydrogen-bond acceptors (Lipinski definition) is 5. The van der Waals surface area contributed by atoms with Gasteiger partial charge in [0.2, 0.25) is 5.88 Å². The highest BCUT2D eigenvalue weighted by Gasteiger charge is 2.36. The van der Waals surface area contributed by atoms with Gasteiger partial charge in [0.05, 0.1) is 5.69 Å². The second kappa shape index (κ2) is 5.00. The van der Waals surface area contributed by atoms with E-state index in [1.165, 1.54) is 0 Å². The third kappa shape index (κ3) is 3.23. The zero-order valence-electron chi connectivity index (χ0n) is 12.6. The first-order chi connectivity index (χ1) is 9.20. The third-order valence-corrected chi connectivity index (χ3v) is 3.67. The molecule has 0 spiro atoms. The highest BCUT2D eigenvalue weighted by atomic mass is 16.6. The number of hydrogen-bond donors (Lipinski definition) is 1. The zero-order valence-corrected chi connectivity index (χ0v) is 12.6. The van der Waals surface area contributed by atoms with Gasteiger partial charge in [-0.15, -0.1) is 0 Å². The van der Waals surface area contributed by atoms with Crippen LogP contribution < -0.4 is 5.73 Å². The molecule has 0 aromatic carbocycles. The molecule has 2 rings (SSSR count). The Hall–Kier alpha value is -1.72. The molecule has 112 valence electrons. The minimum Gasteiger partial charge on any atom is -0.444 e. The Kier molecular flexibility index (Phi) is 3.67. The number of ether oxygens (including phenoxy) is 1. The lowest BCUT2D eigenvalue weighted by atomic mass is 9.77. The lowest BCUT2D eigenvalue weighted by Gasteiger charge is -2.38. The SMILES string of the molecule is CC(C)(C)OC(=O)N1CCC(C)(c2cc(N)on2)CC1. The largest absolute Gasteiger partial charge is 0.444 e. The molecule has 1 aliphatic heterocycles. The molecule has 1 amide bonds. The van der Waals surface area contributed by atoms with Crippen molar-refractivity contribution in [1.82, 2.24) is 10.1 Å². The van der Waals surface area contributed by atoms with Crippen LogP contribution in [0.15, 0.2) is 10.6 Å². The van der Waals surface area contributed by atoms with Crippen LogP contribution in [-0.4, -0.2) is 34.8 Å². The molecule has 2 N–H and O–H groups in total. The molecule has 2 heterocycles. The molecular formula is C14H23N3O3. The van der Waals surface area contributed by atoms with E-state index in [4.69, 9.17) is 15.0 Å². The van der Waals surface area contributed by atoms with Crippen molar-refractivity contribution in [2.24, 2.45) is 0 Å². The number of anilines is 1. The standard InChI is InChI=1S/C14H23N3O3/c1-13(2,3)19-12(18)17-7-5-14(4,6-8-17)10-9-11(15)20-16-10/h9H,5-8,15H2,1-4H3. The van der Waals surface area contributed by atoms with Crippen molar-refractivity contribution in [1.29, 1.82) is 0 Å². The van der Waals surface area contributed by atoms with Gasteiger partial charge in [-0.05, 0) is 33.6 Å². The number of piperidine rings is 1. The van der Waals surface area contributed by atoms with Crippen molar-refractivity contribution < 1.29 is 14.1 Å². The molecular weight excluding hydrogens is 258 g/mol. The monoisotopic (exact) mass is 281 g/mol. The van der Waals surface area contributed by atoms with E-state index in [0.29, 0.717) is 19.0 Å². The average Bonchev–Trinajstić information content (AvgIpc) is 2.75. The molecule has 1 fully saturated rings. The van der Waals surface area contributed by atoms with Crippen LogP contribution in [0.1, 0.15) is 46.2 Å². The predicted octanol–water partition coefficient (Wildman–Crippen LogP) is 2.55. The van der Waals surface area contributed by atoms with Gasteiger partial charge in [-0.3, -0.25) is 0 Å². The molecule has 20 heavy (non-hydrogen) atoms. The van der Waals surface area contributed by atoms with Crippen LogP contribution >= 0.6 is 0 Å². The van der Waals surface area contributed by atoms with E-state index in [2.05, 4.69) is 12.1 Å². The second-order valence-corrected chi connectivity index (χ2v) is 6.64. The molecule has 0 aliphatic carbocycles. The minimum absolute atomic E-state index is 0.0976. The van der Waals surface area contributed by atoms with E-state index < -0.39 is 5.60 Å². The van der Waals surface area contributed by atoms with Gasteiger partial charge in [-0.25, -0.2) is 4.79 Å². The smallest absolute Gasteiger partial charge is 0.410 e. The Labute approximate surface area is 119 Å². The molecule has 6 nitrogen and oxygen atoms in total. The molecule has 1 aromatic rings. The molecule has 0 radical (unpaired) electrons. The maximum absolute atomic E-state index is 12.0. The van der Waals surface area contributed by atoms with Gasteiger partial charge < -0.3 is 19.9 Å². The van der Waals surface area contributed by atoms with Crippen LogP contribution in [0, 0.1) is 0 Å². The fraction of sp³-hybridized carbons (Fsp3) is 0.714. The van der Waals surface area contributed by atoms with E-state index in [9.17, 15) is 4.79 Å². The quantitative estimate of drug-likeness (QED) is 0.855. The summed E-state index contributed by atoms with van der Waals surface area (Å²) in [6, 6.07) is 1.77. The van der Waals surface area contributed by atoms with Gasteiger partial charge in [-0.1, -0.05) is 12.1 Å². The topological polar surface area (TPSA) is 81.6 Å². The van der Waals surface area contributed by atoms with Crippen LogP contribution in [-0.2, 0) is 10.2 Å². The van der Waals surface area contributed by atoms with E-state index in [-0.39, 0.29) is 11.5 Å². The van der Waals surface area contributed by atoms with E-state index in [1.54, 1.807) is 11.0 Å². The number of rotatable bonds is 1. The van der Waals surface area contributed by atoms with Crippen molar-refractivity contribution in [2.75, 3.05) is 18.8 Å². The fourth-order valence-electron chi connectivity index (χ4n) is 2.34. The maximum Gasteiger partial charge on any atom is 0.410 e. The number of aromatic nitrogens is 1. The Morgan fingerprint density at radius 2 is 2.05 bits per heavy atom. The third-order valence-electron chi connectivity index (χ3n) is 3.67. The average molecular weight is 281 g/mol. The van der Waals surface area contributed by atoms with Gasteiger partial charge in [0.1, 0.15) is 5.60 Å². The summed E-state index contributed by atoms with van der Waals surface area (Å²) in [6.07, 6.45) is 1.38. The Morgan fingerprint density at radius 3 is 2.50 bits per heavy atom. The Balaban J connectivity index is 1.97. The number of nitrogens with zero attached hydrogens (tertiary/aromatic N) is 2. The summed E-state index contributed by atoms with van der Waals surface area (Å²) < 4.78 is 10.3. The van der Waals surface area contributed by atoms with Gasteiger partial charge in [0.25, 0.3) is 0 Å². The lowest BCUT2D eigenvalue weighted by Crippen LogP contribution is -2.45. The van der Waals surface area contributed by atoms with Crippen molar-refractivity contribution >= 4 is 12.0 Å².